The molecule has 1 N–H and O–H groups in total. The zero-order chi connectivity index (χ0) is 12.0. The molecule has 0 bridgehead atoms. The van der Waals surface area contributed by atoms with Gasteiger partial charge in [-0.1, -0.05) is 26.2 Å². The molecule has 16 heavy (non-hydrogen) atoms. The molecular weight excluding hydrogens is 200 g/mol. The Hall–Kier alpha value is -0.570. The summed E-state index contributed by atoms with van der Waals surface area (Å²) in [7, 11) is 2.16. The van der Waals surface area contributed by atoms with Crippen LogP contribution in [0.4, 0.5) is 0 Å². The lowest BCUT2D eigenvalue weighted by atomic mass is 9.82. The van der Waals surface area contributed by atoms with Gasteiger partial charge in [0.2, 0.25) is 5.91 Å². The Kier molecular flexibility index (Phi) is 5.26. The standard InChI is InChI=1S/C13H26N2O/c1-4-5-6-7-13(14-12(2)16)8-10-15(3)11-9-13/h4-11H2,1-3H3,(H,14,16). The molecule has 0 aliphatic carbocycles. The molecule has 0 spiro atoms. The SMILES string of the molecule is CCCCCC1(NC(C)=O)CCN(C)CC1. The fourth-order valence-electron chi connectivity index (χ4n) is 2.57. The van der Waals surface area contributed by atoms with Crippen molar-refractivity contribution in [3.8, 4) is 0 Å². The maximum Gasteiger partial charge on any atom is 0.217 e. The molecule has 3 nitrogen and oxygen atoms in total. The number of hydrogen-bond acceptors (Lipinski definition) is 2. The van der Waals surface area contributed by atoms with Crippen LogP contribution in [0.3, 0.4) is 0 Å². The molecule has 1 amide bonds. The van der Waals surface area contributed by atoms with Crippen molar-refractivity contribution in [2.45, 2.75) is 57.9 Å². The summed E-state index contributed by atoms with van der Waals surface area (Å²) in [6, 6.07) is 0. The first-order chi connectivity index (χ1) is 7.58. The largest absolute Gasteiger partial charge is 0.351 e. The van der Waals surface area contributed by atoms with Crippen molar-refractivity contribution in [3.05, 3.63) is 0 Å². The molecule has 1 heterocycles. The monoisotopic (exact) mass is 226 g/mol. The summed E-state index contributed by atoms with van der Waals surface area (Å²) in [5.41, 5.74) is 0.0908. The molecule has 1 aliphatic heterocycles. The fourth-order valence-corrected chi connectivity index (χ4v) is 2.57. The van der Waals surface area contributed by atoms with E-state index in [1.54, 1.807) is 6.92 Å². The van der Waals surface area contributed by atoms with Gasteiger partial charge in [-0.25, -0.2) is 0 Å². The first-order valence-corrected chi connectivity index (χ1v) is 6.55. The topological polar surface area (TPSA) is 32.3 Å². The smallest absolute Gasteiger partial charge is 0.217 e. The summed E-state index contributed by atoms with van der Waals surface area (Å²) < 4.78 is 0. The van der Waals surface area contributed by atoms with Crippen LogP contribution in [0.15, 0.2) is 0 Å². The summed E-state index contributed by atoms with van der Waals surface area (Å²) in [4.78, 5) is 13.7. The molecule has 0 aromatic heterocycles. The summed E-state index contributed by atoms with van der Waals surface area (Å²) in [6.07, 6.45) is 7.11. The molecule has 0 atom stereocenters. The molecule has 1 aliphatic rings. The molecule has 1 saturated heterocycles. The normalized spacial score (nSPS) is 20.7. The maximum absolute atomic E-state index is 11.3. The predicted octanol–water partition coefficient (Wildman–Crippen LogP) is 2.17. The van der Waals surface area contributed by atoms with Gasteiger partial charge in [0.1, 0.15) is 0 Å². The Morgan fingerprint density at radius 1 is 1.31 bits per heavy atom. The molecule has 1 fully saturated rings. The van der Waals surface area contributed by atoms with E-state index in [4.69, 9.17) is 0 Å². The van der Waals surface area contributed by atoms with Crippen LogP contribution in [0.1, 0.15) is 52.4 Å². The van der Waals surface area contributed by atoms with E-state index < -0.39 is 0 Å². The molecule has 0 aromatic rings. The van der Waals surface area contributed by atoms with Gasteiger partial charge in [-0.05, 0) is 26.3 Å². The molecular formula is C13H26N2O. The third kappa shape index (κ3) is 4.12. The van der Waals surface area contributed by atoms with Crippen molar-refractivity contribution in [2.75, 3.05) is 20.1 Å². The third-order valence-corrected chi connectivity index (χ3v) is 3.64. The van der Waals surface area contributed by atoms with Gasteiger partial charge in [-0.3, -0.25) is 4.79 Å². The van der Waals surface area contributed by atoms with Gasteiger partial charge in [0, 0.05) is 25.6 Å². The Balaban J connectivity index is 2.50. The highest BCUT2D eigenvalue weighted by Gasteiger charge is 2.33. The lowest BCUT2D eigenvalue weighted by Crippen LogP contribution is -2.54. The molecule has 94 valence electrons. The molecule has 0 unspecified atom stereocenters. The van der Waals surface area contributed by atoms with Gasteiger partial charge in [0.15, 0.2) is 0 Å². The fraction of sp³-hybridized carbons (Fsp3) is 0.923. The van der Waals surface area contributed by atoms with E-state index >= 15 is 0 Å². The maximum atomic E-state index is 11.3. The van der Waals surface area contributed by atoms with Gasteiger partial charge in [0.05, 0.1) is 0 Å². The van der Waals surface area contributed by atoms with Gasteiger partial charge >= 0.3 is 0 Å². The first-order valence-electron chi connectivity index (χ1n) is 6.55. The number of hydrogen-bond donors (Lipinski definition) is 1. The van der Waals surface area contributed by atoms with E-state index in [1.807, 2.05) is 0 Å². The van der Waals surface area contributed by atoms with Crippen molar-refractivity contribution in [1.82, 2.24) is 10.2 Å². The second-order valence-corrected chi connectivity index (χ2v) is 5.22. The van der Waals surface area contributed by atoms with Gasteiger partial charge in [0.25, 0.3) is 0 Å². The minimum absolute atomic E-state index is 0.0908. The molecule has 0 aromatic carbocycles. The van der Waals surface area contributed by atoms with Gasteiger partial charge in [-0.2, -0.15) is 0 Å². The van der Waals surface area contributed by atoms with Crippen LogP contribution < -0.4 is 5.32 Å². The lowest BCUT2D eigenvalue weighted by Gasteiger charge is -2.41. The van der Waals surface area contributed by atoms with Crippen LogP contribution >= 0.6 is 0 Å². The number of piperidine rings is 1. The van der Waals surface area contributed by atoms with E-state index in [2.05, 4.69) is 24.2 Å². The number of amides is 1. The highest BCUT2D eigenvalue weighted by molar-refractivity contribution is 5.73. The Morgan fingerprint density at radius 2 is 1.94 bits per heavy atom. The Bertz CT molecular complexity index is 220. The minimum atomic E-state index is 0.0908. The predicted molar refractivity (Wildman–Crippen MR) is 67.4 cm³/mol. The zero-order valence-corrected chi connectivity index (χ0v) is 11.0. The number of carbonyl (C=O) groups excluding carboxylic acids is 1. The van der Waals surface area contributed by atoms with Crippen LogP contribution in [0.25, 0.3) is 0 Å². The summed E-state index contributed by atoms with van der Waals surface area (Å²) >= 11 is 0. The number of carbonyl (C=O) groups is 1. The molecule has 0 saturated carbocycles. The van der Waals surface area contributed by atoms with E-state index in [0.717, 1.165) is 32.4 Å². The van der Waals surface area contributed by atoms with Crippen LogP contribution in [0, 0.1) is 0 Å². The number of likely N-dealkylation sites (tertiary alicyclic amines) is 1. The second-order valence-electron chi connectivity index (χ2n) is 5.22. The first kappa shape index (κ1) is 13.5. The average Bonchev–Trinajstić information content (AvgIpc) is 2.22. The average molecular weight is 226 g/mol. The number of nitrogens with zero attached hydrogens (tertiary/aromatic N) is 1. The quantitative estimate of drug-likeness (QED) is 0.729. The van der Waals surface area contributed by atoms with Crippen molar-refractivity contribution in [2.24, 2.45) is 0 Å². The van der Waals surface area contributed by atoms with Crippen LogP contribution in [-0.2, 0) is 4.79 Å². The summed E-state index contributed by atoms with van der Waals surface area (Å²) in [5.74, 6) is 0.126. The molecule has 3 heteroatoms. The number of nitrogens with one attached hydrogen (secondary N) is 1. The highest BCUT2D eigenvalue weighted by Crippen LogP contribution is 2.27. The van der Waals surface area contributed by atoms with Crippen LogP contribution in [0.2, 0.25) is 0 Å². The van der Waals surface area contributed by atoms with Crippen molar-refractivity contribution < 1.29 is 4.79 Å². The van der Waals surface area contributed by atoms with E-state index in [-0.39, 0.29) is 11.4 Å². The Morgan fingerprint density at radius 3 is 2.44 bits per heavy atom. The summed E-state index contributed by atoms with van der Waals surface area (Å²) in [5, 5.41) is 3.21. The zero-order valence-electron chi connectivity index (χ0n) is 11.0. The minimum Gasteiger partial charge on any atom is -0.351 e. The van der Waals surface area contributed by atoms with Gasteiger partial charge < -0.3 is 10.2 Å². The number of unbranched alkanes of at least 4 members (excludes halogenated alkanes) is 2. The third-order valence-electron chi connectivity index (χ3n) is 3.64. The van der Waals surface area contributed by atoms with Crippen LogP contribution in [0.5, 0.6) is 0 Å². The van der Waals surface area contributed by atoms with Gasteiger partial charge in [-0.15, -0.1) is 0 Å². The van der Waals surface area contributed by atoms with Crippen molar-refractivity contribution in [1.29, 1.82) is 0 Å². The second kappa shape index (κ2) is 6.24. The highest BCUT2D eigenvalue weighted by atomic mass is 16.1. The molecule has 1 rings (SSSR count). The Labute approximate surface area is 99.6 Å². The molecule has 0 radical (unpaired) electrons. The van der Waals surface area contributed by atoms with E-state index in [1.165, 1.54) is 19.3 Å². The van der Waals surface area contributed by atoms with Crippen LogP contribution in [-0.4, -0.2) is 36.5 Å². The summed E-state index contributed by atoms with van der Waals surface area (Å²) in [6.45, 7) is 6.07. The number of rotatable bonds is 5. The van der Waals surface area contributed by atoms with E-state index in [0.29, 0.717) is 0 Å². The lowest BCUT2D eigenvalue weighted by molar-refractivity contribution is -0.121. The van der Waals surface area contributed by atoms with Crippen molar-refractivity contribution >= 4 is 5.91 Å². The van der Waals surface area contributed by atoms with E-state index in [9.17, 15) is 4.79 Å². The van der Waals surface area contributed by atoms with Crippen molar-refractivity contribution in [3.63, 3.8) is 0 Å².